The number of nitrogens with one attached hydrogen (secondary N) is 2. The Balaban J connectivity index is 0.000000207. The van der Waals surface area contributed by atoms with Crippen LogP contribution in [0.3, 0.4) is 0 Å². The molecular formula is C100H153N3O15. The van der Waals surface area contributed by atoms with Crippen LogP contribution in [0.15, 0.2) is 138 Å². The lowest BCUT2D eigenvalue weighted by Gasteiger charge is -2.38. The summed E-state index contributed by atoms with van der Waals surface area (Å²) in [5.41, 5.74) is 1.43. The van der Waals surface area contributed by atoms with Crippen molar-refractivity contribution in [2.24, 2.45) is 80.8 Å². The number of amides is 3. The van der Waals surface area contributed by atoms with Crippen LogP contribution in [0.1, 0.15) is 287 Å². The maximum absolute atomic E-state index is 11.6. The smallest absolute Gasteiger partial charge is 0.333 e. The van der Waals surface area contributed by atoms with Gasteiger partial charge in [-0.1, -0.05) is 215 Å². The van der Waals surface area contributed by atoms with Gasteiger partial charge in [0.1, 0.15) is 31.0 Å². The van der Waals surface area contributed by atoms with Crippen LogP contribution >= 0.6 is 0 Å². The van der Waals surface area contributed by atoms with Gasteiger partial charge >= 0.3 is 29.8 Å². The zero-order valence-corrected chi connectivity index (χ0v) is 74.1. The summed E-state index contributed by atoms with van der Waals surface area (Å²) in [6, 6.07) is 1.27. The van der Waals surface area contributed by atoms with E-state index in [1.807, 2.05) is 11.9 Å². The number of esters is 5. The van der Waals surface area contributed by atoms with Crippen molar-refractivity contribution in [3.8, 4) is 0 Å². The molecular weight excluding hydrogens is 1480 g/mol. The molecule has 18 heteroatoms. The van der Waals surface area contributed by atoms with Gasteiger partial charge < -0.3 is 44.0 Å². The van der Waals surface area contributed by atoms with Gasteiger partial charge in [-0.05, 0) is 237 Å². The van der Waals surface area contributed by atoms with Crippen LogP contribution in [0.2, 0.25) is 0 Å². The van der Waals surface area contributed by atoms with E-state index in [9.17, 15) is 43.2 Å². The number of ether oxygens (including phenoxy) is 6. The van der Waals surface area contributed by atoms with Crippen LogP contribution in [0.25, 0.3) is 0 Å². The number of allylic oxidation sites excluding steroid dienone is 2. The number of carbonyl (C=O) groups is 9. The molecule has 0 aromatic carbocycles. The predicted molar refractivity (Wildman–Crippen MR) is 471 cm³/mol. The van der Waals surface area contributed by atoms with Crippen molar-refractivity contribution in [2.45, 2.75) is 335 Å². The summed E-state index contributed by atoms with van der Waals surface area (Å²) < 4.78 is 32.1. The molecule has 0 radical (unpaired) electrons. The lowest BCUT2D eigenvalue weighted by atomic mass is 9.70. The summed E-state index contributed by atoms with van der Waals surface area (Å²) >= 11 is 0. The van der Waals surface area contributed by atoms with E-state index in [-0.39, 0.29) is 101 Å². The molecule has 0 spiro atoms. The molecule has 12 saturated carbocycles. The third kappa shape index (κ3) is 30.0. The minimum Gasteiger partial charge on any atom is -0.462 e. The number of hydrogen-bond donors (Lipinski definition) is 2. The highest BCUT2D eigenvalue weighted by Gasteiger charge is 2.64. The first kappa shape index (κ1) is 99.3. The third-order valence-corrected chi connectivity index (χ3v) is 29.6. The topological polar surface area (TPSA) is 236 Å². The van der Waals surface area contributed by atoms with Crippen molar-refractivity contribution in [1.82, 2.24) is 15.5 Å². The first-order valence-corrected chi connectivity index (χ1v) is 45.2. The maximum Gasteiger partial charge on any atom is 0.333 e. The second kappa shape index (κ2) is 49.4. The van der Waals surface area contributed by atoms with Crippen molar-refractivity contribution in [3.63, 3.8) is 0 Å². The molecule has 12 fully saturated rings. The highest BCUT2D eigenvalue weighted by molar-refractivity contribution is 5.90. The molecule has 0 saturated heterocycles. The minimum atomic E-state index is -0.291. The molecule has 18 nitrogen and oxygen atoms in total. The lowest BCUT2D eigenvalue weighted by Crippen LogP contribution is -2.38. The van der Waals surface area contributed by atoms with Gasteiger partial charge in [-0.25, -0.2) is 24.0 Å². The van der Waals surface area contributed by atoms with E-state index in [2.05, 4.69) is 143 Å². The SMILES string of the molecule is C=C(C)C(=O)OC1CC2CCC1(C)C2(C)C.C=CC(=O)COC1CC2C=CC1C2.C=CC(=O)N(C)C1CCCCC1.C=CC(=O)NC1CCC(C)CC1.C=CC(=O)NC1CCCCC1.C=CC(=O)OC1CC2C=CC1C2.C=CC(=O)OC1CC2CCC1(C)C2(C)C.C=CC(=O)OC1CCC2CCCCC2C1.C=CC(=O)OCC1CCCCC1. The number of fused-ring (bicyclic) bond motifs is 9. The molecule has 3 amide bonds. The van der Waals surface area contributed by atoms with Gasteiger partial charge in [-0.3, -0.25) is 19.2 Å². The summed E-state index contributed by atoms with van der Waals surface area (Å²) in [5, 5.41) is 5.84. The van der Waals surface area contributed by atoms with Crippen molar-refractivity contribution in [2.75, 3.05) is 20.3 Å². The van der Waals surface area contributed by atoms with Crippen LogP contribution in [-0.4, -0.2) is 127 Å². The Morgan fingerprint density at radius 1 is 0.441 bits per heavy atom. The fraction of sp³-hybridized carbons (Fsp3) is 0.690. The van der Waals surface area contributed by atoms with Crippen molar-refractivity contribution < 1.29 is 71.6 Å². The Labute approximate surface area is 710 Å². The lowest BCUT2D eigenvalue weighted by molar-refractivity contribution is -0.152. The Morgan fingerprint density at radius 3 is 1.34 bits per heavy atom. The number of carbonyl (C=O) groups excluding carboxylic acids is 9. The van der Waals surface area contributed by atoms with Crippen LogP contribution in [-0.2, 0) is 71.6 Å². The summed E-state index contributed by atoms with van der Waals surface area (Å²) in [5.74, 6) is 5.60. The summed E-state index contributed by atoms with van der Waals surface area (Å²) in [4.78, 5) is 101. The quantitative estimate of drug-likeness (QED) is 0.0470. The first-order valence-electron chi connectivity index (χ1n) is 45.2. The van der Waals surface area contributed by atoms with Crippen LogP contribution in [0.4, 0.5) is 0 Å². The standard InChI is InChI=1S/C14H22O2.2C13H20O2.C11H14O2.2C10H17NO.C10H12O2.C10H16O2.C9H15NO/c1-9(2)12(15)16-11-8-10-6-7-14(11,5)13(10,3)4;1-5-11(14)15-10-8-9-6-7-13(10,4)12(9,2)3;1-2-13(14)15-12-8-7-10-5-3-4-6-11(10)9-12;1-2-10(12)7-13-11-6-8-3-4-9(11)5-8;1-3-10(12)11-9-6-4-8(2)5-7-9;1-3-10(12)11(2)9-7-5-4-6-8-9;1-2-10(11)12-9-6-7-3-4-8(9)5-7;1-2-10(11)12-8-9-6-4-3-5-7-9;1-2-9(11)10-8-6-4-3-5-7-8/h10-11H,1,6-8H2,2-5H3;5,9-10H,1,6-8H2,2-4H3;2,10-12H,1,3-9H2;2-4,8-9,11H,1,5-7H2;3,8-9H,1,4-7H2,2H3,(H,11,12);3,9H,1,4-8H2,2H3;2-4,7-9H,1,5-6H2;2,9H,1,3-8H2;2,8H,1,3-7H2,(H,10,11). The zero-order valence-electron chi connectivity index (χ0n) is 74.1. The first-order chi connectivity index (χ1) is 56.2. The monoisotopic (exact) mass is 1640 g/mol. The van der Waals surface area contributed by atoms with E-state index in [4.69, 9.17) is 28.4 Å². The highest BCUT2D eigenvalue weighted by atomic mass is 16.6. The van der Waals surface area contributed by atoms with Gasteiger partial charge in [0, 0.05) is 77.7 Å². The number of hydrogen-bond acceptors (Lipinski definition) is 15. The molecule has 0 aliphatic heterocycles. The minimum absolute atomic E-state index is 0.0215. The molecule has 14 aliphatic carbocycles. The van der Waals surface area contributed by atoms with Crippen molar-refractivity contribution in [1.29, 1.82) is 0 Å². The van der Waals surface area contributed by atoms with Gasteiger partial charge in [0.15, 0.2) is 5.78 Å². The largest absolute Gasteiger partial charge is 0.462 e. The zero-order chi connectivity index (χ0) is 86.8. The third-order valence-electron chi connectivity index (χ3n) is 29.6. The number of nitrogens with zero attached hydrogens (tertiary/aromatic N) is 1. The summed E-state index contributed by atoms with van der Waals surface area (Å²) in [6.45, 7) is 49.6. The molecule has 8 bridgehead atoms. The number of rotatable bonds is 21. The van der Waals surface area contributed by atoms with E-state index in [1.54, 1.807) is 6.92 Å². The highest BCUT2D eigenvalue weighted by Crippen LogP contribution is 2.67. The Hall–Kier alpha value is -7.47. The Bertz CT molecular complexity index is 3430. The molecule has 0 aromatic heterocycles. The average molecular weight is 1640 g/mol. The van der Waals surface area contributed by atoms with Crippen LogP contribution in [0, 0.1) is 80.8 Å². The molecule has 0 heterocycles. The molecule has 658 valence electrons. The van der Waals surface area contributed by atoms with E-state index in [1.165, 1.54) is 196 Å². The maximum atomic E-state index is 11.6. The average Bonchev–Trinajstić information content (AvgIpc) is 1.56. The van der Waals surface area contributed by atoms with Gasteiger partial charge in [0.25, 0.3) is 0 Å². The predicted octanol–water partition coefficient (Wildman–Crippen LogP) is 20.5. The Kier molecular flexibility index (Phi) is 41.6. The normalized spacial score (nSPS) is 31.4. The fourth-order valence-electron chi connectivity index (χ4n) is 21.0. The molecule has 14 rings (SSSR count). The molecule has 15 unspecified atom stereocenters. The van der Waals surface area contributed by atoms with E-state index < -0.39 is 0 Å². The summed E-state index contributed by atoms with van der Waals surface area (Å²) in [7, 11) is 1.88. The van der Waals surface area contributed by atoms with E-state index >= 15 is 0 Å². The van der Waals surface area contributed by atoms with Crippen molar-refractivity contribution in [3.05, 3.63) is 138 Å². The molecule has 2 N–H and O–H groups in total. The second-order valence-corrected chi connectivity index (χ2v) is 37.7. The molecule has 118 heavy (non-hydrogen) atoms. The fourth-order valence-corrected chi connectivity index (χ4v) is 21.0. The van der Waals surface area contributed by atoms with E-state index in [0.717, 1.165) is 101 Å². The molecule has 0 aromatic rings. The number of ketones is 1. The van der Waals surface area contributed by atoms with Gasteiger partial charge in [-0.15, -0.1) is 0 Å². The second-order valence-electron chi connectivity index (χ2n) is 37.7. The van der Waals surface area contributed by atoms with Crippen LogP contribution < -0.4 is 10.6 Å². The Morgan fingerprint density at radius 2 is 0.898 bits per heavy atom. The van der Waals surface area contributed by atoms with Gasteiger partial charge in [0.2, 0.25) is 17.7 Å². The van der Waals surface area contributed by atoms with Crippen molar-refractivity contribution >= 4 is 53.4 Å². The summed E-state index contributed by atoms with van der Waals surface area (Å²) in [6.07, 6.45) is 63.7. The van der Waals surface area contributed by atoms with Gasteiger partial charge in [0.05, 0.1) is 12.7 Å². The van der Waals surface area contributed by atoms with Crippen LogP contribution in [0.5, 0.6) is 0 Å². The van der Waals surface area contributed by atoms with E-state index in [0.29, 0.717) is 82.6 Å². The molecule has 15 atom stereocenters. The number of likely N-dealkylation sites (N-methyl/N-ethyl adjacent to an activating group) is 1. The molecule has 14 aliphatic rings. The van der Waals surface area contributed by atoms with Gasteiger partial charge in [-0.2, -0.15) is 0 Å².